The molecular formula is C4H3FN2. The molecule has 0 radical (unpaired) electrons. The van der Waals surface area contributed by atoms with Crippen LogP contribution >= 0.6 is 0 Å². The van der Waals surface area contributed by atoms with E-state index in [-0.39, 0.29) is 0 Å². The maximum Gasteiger partial charge on any atom is 0.233 e. The van der Waals surface area contributed by atoms with Gasteiger partial charge in [-0.1, -0.05) is 0 Å². The topological polar surface area (TPSA) is 25.8 Å². The van der Waals surface area contributed by atoms with Crippen LogP contribution in [0.3, 0.4) is 0 Å². The molecule has 0 bridgehead atoms. The van der Waals surface area contributed by atoms with Crippen LogP contribution in [0.2, 0.25) is 0 Å². The van der Waals surface area contributed by atoms with E-state index < -0.39 is 5.95 Å². The third kappa shape index (κ3) is 0.924. The fourth-order valence-corrected chi connectivity index (χ4v) is 0.283. The van der Waals surface area contributed by atoms with Gasteiger partial charge in [0.2, 0.25) is 5.95 Å². The Balaban J connectivity index is 3.02. The second kappa shape index (κ2) is 1.64. The van der Waals surface area contributed by atoms with Gasteiger partial charge in [-0.3, -0.25) is 0 Å². The van der Waals surface area contributed by atoms with Crippen molar-refractivity contribution >= 4 is 0 Å². The van der Waals surface area contributed by atoms with Crippen molar-refractivity contribution < 1.29 is 4.39 Å². The zero-order valence-corrected chi connectivity index (χ0v) is 3.50. The van der Waals surface area contributed by atoms with Crippen molar-refractivity contribution in [1.29, 1.82) is 0 Å². The van der Waals surface area contributed by atoms with Gasteiger partial charge in [0.15, 0.2) is 0 Å². The summed E-state index contributed by atoms with van der Waals surface area (Å²) < 4.78 is 11.7. The van der Waals surface area contributed by atoms with Crippen molar-refractivity contribution in [3.05, 3.63) is 24.3 Å². The molecule has 0 N–H and O–H groups in total. The molecule has 0 saturated heterocycles. The van der Waals surface area contributed by atoms with Gasteiger partial charge in [0.05, 0.1) is 0 Å². The first-order valence-electron chi connectivity index (χ1n) is 1.83. The molecule has 1 heterocycles. The average molecular weight is 97.1 g/mol. The summed E-state index contributed by atoms with van der Waals surface area (Å²) in [4.78, 5) is 0. The smallest absolute Gasteiger partial charge is 0.183 e. The first-order valence-corrected chi connectivity index (χ1v) is 1.83. The van der Waals surface area contributed by atoms with Crippen LogP contribution in [-0.2, 0) is 0 Å². The fraction of sp³-hybridized carbons (Fsp3) is 0. The SMILES string of the molecule is [18F]c1cccnn1. The van der Waals surface area contributed by atoms with E-state index in [1.54, 1.807) is 0 Å². The highest BCUT2D eigenvalue weighted by Crippen LogP contribution is 1.82. The molecule has 0 unspecified atom stereocenters. The lowest BCUT2D eigenvalue weighted by molar-refractivity contribution is 0.563. The largest absolute Gasteiger partial charge is 0.233 e. The van der Waals surface area contributed by atoms with Crippen LogP contribution in [0.1, 0.15) is 0 Å². The van der Waals surface area contributed by atoms with Gasteiger partial charge < -0.3 is 0 Å². The molecule has 1 aromatic heterocycles. The van der Waals surface area contributed by atoms with Gasteiger partial charge in [0, 0.05) is 6.20 Å². The van der Waals surface area contributed by atoms with E-state index in [4.69, 9.17) is 0 Å². The predicted molar refractivity (Wildman–Crippen MR) is 22.0 cm³/mol. The van der Waals surface area contributed by atoms with Crippen molar-refractivity contribution in [2.24, 2.45) is 0 Å². The lowest BCUT2D eigenvalue weighted by atomic mass is 10.6. The van der Waals surface area contributed by atoms with E-state index in [1.807, 2.05) is 0 Å². The van der Waals surface area contributed by atoms with Crippen molar-refractivity contribution in [3.8, 4) is 0 Å². The summed E-state index contributed by atoms with van der Waals surface area (Å²) >= 11 is 0. The quantitative estimate of drug-likeness (QED) is 0.474. The van der Waals surface area contributed by atoms with Crippen molar-refractivity contribution in [1.82, 2.24) is 10.2 Å². The molecule has 7 heavy (non-hydrogen) atoms. The Kier molecular flexibility index (Phi) is 0.978. The lowest BCUT2D eigenvalue weighted by Crippen LogP contribution is -1.81. The zero-order valence-electron chi connectivity index (χ0n) is 3.50. The van der Waals surface area contributed by atoms with Crippen LogP contribution in [0.15, 0.2) is 18.3 Å². The van der Waals surface area contributed by atoms with Crippen molar-refractivity contribution in [3.63, 3.8) is 0 Å². The number of hydrogen-bond donors (Lipinski definition) is 0. The van der Waals surface area contributed by atoms with Crippen LogP contribution in [0, 0.1) is 5.95 Å². The summed E-state index contributed by atoms with van der Waals surface area (Å²) in [5, 5.41) is 6.32. The molecule has 0 aliphatic carbocycles. The Morgan fingerprint density at radius 1 is 1.57 bits per heavy atom. The van der Waals surface area contributed by atoms with Crippen LogP contribution in [0.25, 0.3) is 0 Å². The average Bonchev–Trinajstić information content (AvgIpc) is 1.69. The van der Waals surface area contributed by atoms with E-state index in [2.05, 4.69) is 10.2 Å². The molecule has 0 fully saturated rings. The molecule has 1 aromatic rings. The molecule has 0 aliphatic heterocycles. The lowest BCUT2D eigenvalue weighted by Gasteiger charge is -1.76. The van der Waals surface area contributed by atoms with E-state index in [0.29, 0.717) is 0 Å². The minimum absolute atomic E-state index is 0.539. The maximum atomic E-state index is 11.7. The summed E-state index contributed by atoms with van der Waals surface area (Å²) in [6, 6.07) is 2.73. The molecule has 0 amide bonds. The van der Waals surface area contributed by atoms with Crippen LogP contribution < -0.4 is 0 Å². The Morgan fingerprint density at radius 2 is 2.43 bits per heavy atom. The molecule has 0 aliphatic rings. The Bertz CT molecular complexity index is 140. The Morgan fingerprint density at radius 3 is 2.71 bits per heavy atom. The fourth-order valence-electron chi connectivity index (χ4n) is 0.283. The number of aromatic nitrogens is 2. The zero-order chi connectivity index (χ0) is 5.11. The normalized spacial score (nSPS) is 8.71. The first-order chi connectivity index (χ1) is 3.39. The highest BCUT2D eigenvalue weighted by molar-refractivity contribution is 4.83. The molecule has 0 saturated carbocycles. The monoisotopic (exact) mass is 97.0 g/mol. The second-order valence-corrected chi connectivity index (χ2v) is 1.05. The third-order valence-corrected chi connectivity index (χ3v) is 0.540. The molecule has 0 spiro atoms. The van der Waals surface area contributed by atoms with Crippen molar-refractivity contribution in [2.75, 3.05) is 0 Å². The summed E-state index contributed by atoms with van der Waals surface area (Å²) in [7, 11) is 0. The van der Waals surface area contributed by atoms with E-state index in [1.165, 1.54) is 18.3 Å². The highest BCUT2D eigenvalue weighted by Gasteiger charge is 1.80. The second-order valence-electron chi connectivity index (χ2n) is 1.05. The van der Waals surface area contributed by atoms with E-state index in [9.17, 15) is 4.39 Å². The minimum Gasteiger partial charge on any atom is -0.183 e. The summed E-state index contributed by atoms with van der Waals surface area (Å²) in [6.07, 6.45) is 1.42. The Hall–Kier alpha value is -0.990. The standard InChI is InChI=1S/C4H3FN2/c5-4-2-1-3-6-7-4/h1-3H/i5-1. The van der Waals surface area contributed by atoms with Gasteiger partial charge >= 0.3 is 0 Å². The van der Waals surface area contributed by atoms with Gasteiger partial charge in [0.1, 0.15) is 0 Å². The van der Waals surface area contributed by atoms with Crippen molar-refractivity contribution in [2.45, 2.75) is 0 Å². The molecule has 0 aromatic carbocycles. The van der Waals surface area contributed by atoms with Gasteiger partial charge in [-0.05, 0) is 12.1 Å². The number of rotatable bonds is 0. The van der Waals surface area contributed by atoms with Crippen LogP contribution in [-0.4, -0.2) is 10.2 Å². The van der Waals surface area contributed by atoms with Gasteiger partial charge in [0.25, 0.3) is 0 Å². The molecule has 3 heteroatoms. The summed E-state index contributed by atoms with van der Waals surface area (Å²) in [5.41, 5.74) is 0. The van der Waals surface area contributed by atoms with Crippen LogP contribution in [0.4, 0.5) is 4.39 Å². The van der Waals surface area contributed by atoms with E-state index >= 15 is 0 Å². The third-order valence-electron chi connectivity index (χ3n) is 0.540. The number of nitrogens with zero attached hydrogens (tertiary/aromatic N) is 2. The number of halogens is 1. The van der Waals surface area contributed by atoms with Crippen LogP contribution in [0.5, 0.6) is 0 Å². The maximum absolute atomic E-state index is 11.7. The minimum atomic E-state index is -0.539. The van der Waals surface area contributed by atoms with Gasteiger partial charge in [-0.25, -0.2) is 0 Å². The van der Waals surface area contributed by atoms with Gasteiger partial charge in [-0.15, -0.1) is 5.10 Å². The van der Waals surface area contributed by atoms with E-state index in [0.717, 1.165) is 0 Å². The molecule has 36 valence electrons. The predicted octanol–water partition coefficient (Wildman–Crippen LogP) is 0.616. The molecule has 1 rings (SSSR count). The Labute approximate surface area is 40.0 Å². The molecular weight excluding hydrogens is 94.1 g/mol. The summed E-state index contributed by atoms with van der Waals surface area (Å²) in [6.45, 7) is 0. The number of hydrogen-bond acceptors (Lipinski definition) is 2. The first kappa shape index (κ1) is 4.18. The molecule has 2 nitrogen and oxygen atoms in total. The van der Waals surface area contributed by atoms with Gasteiger partial charge in [-0.2, -0.15) is 9.49 Å². The molecule has 0 atom stereocenters. The highest BCUT2D eigenvalue weighted by atomic mass is 18.2. The summed E-state index contributed by atoms with van der Waals surface area (Å²) in [5.74, 6) is -0.539.